The lowest BCUT2D eigenvalue weighted by atomic mass is 10.1. The minimum Gasteiger partial charge on any atom is -0.480 e. The molecule has 1 fully saturated rings. The van der Waals surface area contributed by atoms with E-state index in [1.165, 1.54) is 16.7 Å². The summed E-state index contributed by atoms with van der Waals surface area (Å²) in [6.45, 7) is 2.04. The Morgan fingerprint density at radius 3 is 3.00 bits per heavy atom. The molecule has 1 heterocycles. The van der Waals surface area contributed by atoms with Gasteiger partial charge in [0.05, 0.1) is 5.88 Å². The quantitative estimate of drug-likeness (QED) is 0.891. The van der Waals surface area contributed by atoms with Crippen LogP contribution < -0.4 is 5.32 Å². The van der Waals surface area contributed by atoms with Crippen molar-refractivity contribution in [2.24, 2.45) is 0 Å². The molecule has 0 aromatic heterocycles. The molecule has 1 atom stereocenters. The number of nitrogens with zero attached hydrogens (tertiary/aromatic N) is 1. The molecule has 2 N–H and O–H groups in total. The van der Waals surface area contributed by atoms with Crippen molar-refractivity contribution in [1.29, 1.82) is 0 Å². The minimum absolute atomic E-state index is 0.356. The van der Waals surface area contributed by atoms with Crippen LogP contribution in [0.25, 0.3) is 0 Å². The monoisotopic (exact) mass is 280 g/mol. The summed E-state index contributed by atoms with van der Waals surface area (Å²) in [5, 5.41) is 11.8. The molecule has 6 heteroatoms. The van der Waals surface area contributed by atoms with E-state index < -0.39 is 12.0 Å². The number of benzene rings is 1. The normalized spacial score (nSPS) is 18.4. The fraction of sp³-hybridized carbons (Fsp3) is 0.385. The Labute approximate surface area is 116 Å². The molecule has 1 aliphatic rings. The van der Waals surface area contributed by atoms with E-state index in [1.807, 2.05) is 25.1 Å². The number of carbonyl (C=O) groups excluding carboxylic acids is 1. The minimum atomic E-state index is -0.956. The van der Waals surface area contributed by atoms with Crippen molar-refractivity contribution in [2.45, 2.75) is 19.4 Å². The lowest BCUT2D eigenvalue weighted by molar-refractivity contribution is -0.140. The fourth-order valence-corrected chi connectivity index (χ4v) is 3.06. The van der Waals surface area contributed by atoms with Gasteiger partial charge in [-0.25, -0.2) is 9.59 Å². The van der Waals surface area contributed by atoms with Crippen molar-refractivity contribution >= 4 is 29.4 Å². The maximum absolute atomic E-state index is 12.1. The number of carbonyl (C=O) groups is 2. The van der Waals surface area contributed by atoms with Gasteiger partial charge in [0.1, 0.15) is 6.04 Å². The van der Waals surface area contributed by atoms with Crippen molar-refractivity contribution in [3.05, 3.63) is 29.8 Å². The largest absolute Gasteiger partial charge is 0.480 e. The van der Waals surface area contributed by atoms with Gasteiger partial charge in [-0.3, -0.25) is 0 Å². The smallest absolute Gasteiger partial charge is 0.327 e. The van der Waals surface area contributed by atoms with Crippen molar-refractivity contribution in [1.82, 2.24) is 4.90 Å². The molecule has 0 radical (unpaired) electrons. The lowest BCUT2D eigenvalue weighted by Gasteiger charge is -2.21. The zero-order valence-electron chi connectivity index (χ0n) is 10.6. The number of anilines is 1. The Bertz CT molecular complexity index is 493. The van der Waals surface area contributed by atoms with Gasteiger partial charge in [-0.2, -0.15) is 0 Å². The van der Waals surface area contributed by atoms with E-state index in [-0.39, 0.29) is 6.03 Å². The van der Waals surface area contributed by atoms with E-state index in [9.17, 15) is 9.59 Å². The number of carboxylic acids is 1. The van der Waals surface area contributed by atoms with Crippen LogP contribution in [0.1, 0.15) is 12.5 Å². The molecular weight excluding hydrogens is 264 g/mol. The van der Waals surface area contributed by atoms with Crippen LogP contribution in [0.3, 0.4) is 0 Å². The highest BCUT2D eigenvalue weighted by atomic mass is 32.2. The molecule has 0 bridgehead atoms. The van der Waals surface area contributed by atoms with Gasteiger partial charge in [-0.15, -0.1) is 11.8 Å². The molecular formula is C13H16N2O3S. The number of urea groups is 1. The van der Waals surface area contributed by atoms with Crippen LogP contribution in [0, 0.1) is 0 Å². The molecule has 0 saturated carbocycles. The van der Waals surface area contributed by atoms with Crippen molar-refractivity contribution in [3.63, 3.8) is 0 Å². The van der Waals surface area contributed by atoms with E-state index in [4.69, 9.17) is 5.11 Å². The molecule has 2 amide bonds. The van der Waals surface area contributed by atoms with Gasteiger partial charge in [0.15, 0.2) is 0 Å². The number of rotatable bonds is 3. The topological polar surface area (TPSA) is 69.6 Å². The molecule has 0 aliphatic carbocycles. The summed E-state index contributed by atoms with van der Waals surface area (Å²) in [4.78, 5) is 24.5. The first-order valence-electron chi connectivity index (χ1n) is 6.09. The molecule has 0 spiro atoms. The summed E-state index contributed by atoms with van der Waals surface area (Å²) < 4.78 is 0. The highest BCUT2D eigenvalue weighted by Crippen LogP contribution is 2.22. The number of aryl methyl sites for hydroxylation is 1. The fourth-order valence-electron chi connectivity index (χ4n) is 1.91. The van der Waals surface area contributed by atoms with Crippen LogP contribution in [0.4, 0.5) is 10.5 Å². The molecule has 1 saturated heterocycles. The lowest BCUT2D eigenvalue weighted by Crippen LogP contribution is -2.43. The number of hydrogen-bond acceptors (Lipinski definition) is 3. The first-order chi connectivity index (χ1) is 9.11. The van der Waals surface area contributed by atoms with E-state index in [0.717, 1.165) is 12.0 Å². The number of hydrogen-bond donors (Lipinski definition) is 2. The van der Waals surface area contributed by atoms with Crippen LogP contribution in [-0.4, -0.2) is 39.7 Å². The van der Waals surface area contributed by atoms with E-state index >= 15 is 0 Å². The zero-order chi connectivity index (χ0) is 13.8. The average molecular weight is 280 g/mol. The van der Waals surface area contributed by atoms with Crippen LogP contribution in [0.2, 0.25) is 0 Å². The van der Waals surface area contributed by atoms with Gasteiger partial charge in [0, 0.05) is 11.4 Å². The van der Waals surface area contributed by atoms with Gasteiger partial charge >= 0.3 is 12.0 Å². The Morgan fingerprint density at radius 1 is 1.53 bits per heavy atom. The second-order valence-electron chi connectivity index (χ2n) is 4.31. The summed E-state index contributed by atoms with van der Waals surface area (Å²) in [5.41, 5.74) is 1.83. The van der Waals surface area contributed by atoms with Crippen LogP contribution in [0.5, 0.6) is 0 Å². The van der Waals surface area contributed by atoms with E-state index in [2.05, 4.69) is 5.32 Å². The zero-order valence-corrected chi connectivity index (χ0v) is 11.4. The van der Waals surface area contributed by atoms with Crippen molar-refractivity contribution < 1.29 is 14.7 Å². The van der Waals surface area contributed by atoms with Gasteiger partial charge in [-0.05, 0) is 24.1 Å². The molecule has 1 aliphatic heterocycles. The number of carboxylic acid groups (broad SMARTS) is 1. The van der Waals surface area contributed by atoms with Gasteiger partial charge in [-0.1, -0.05) is 19.1 Å². The summed E-state index contributed by atoms with van der Waals surface area (Å²) in [6.07, 6.45) is 0.890. The Balaban J connectivity index is 2.06. The summed E-state index contributed by atoms with van der Waals surface area (Å²) in [5.74, 6) is -0.101. The first kappa shape index (κ1) is 13.7. The van der Waals surface area contributed by atoms with Gasteiger partial charge in [0.25, 0.3) is 0 Å². The number of amides is 2. The molecule has 102 valence electrons. The van der Waals surface area contributed by atoms with Crippen molar-refractivity contribution in [3.8, 4) is 0 Å². The average Bonchev–Trinajstić information content (AvgIpc) is 2.88. The summed E-state index contributed by atoms with van der Waals surface area (Å²) >= 11 is 1.45. The van der Waals surface area contributed by atoms with Crippen LogP contribution in [0.15, 0.2) is 24.3 Å². The molecule has 19 heavy (non-hydrogen) atoms. The first-order valence-corrected chi connectivity index (χ1v) is 7.24. The van der Waals surface area contributed by atoms with Crippen LogP contribution >= 0.6 is 11.8 Å². The van der Waals surface area contributed by atoms with Gasteiger partial charge < -0.3 is 15.3 Å². The third-order valence-corrected chi connectivity index (χ3v) is 4.03. The van der Waals surface area contributed by atoms with E-state index in [1.54, 1.807) is 6.07 Å². The maximum atomic E-state index is 12.1. The summed E-state index contributed by atoms with van der Waals surface area (Å²) in [6, 6.07) is 6.47. The predicted molar refractivity (Wildman–Crippen MR) is 75.4 cm³/mol. The molecule has 0 unspecified atom stereocenters. The Hall–Kier alpha value is -1.69. The molecule has 2 rings (SSSR count). The number of aliphatic carboxylic acids is 1. The third kappa shape index (κ3) is 3.20. The number of thioether (sulfide) groups is 1. The van der Waals surface area contributed by atoms with Gasteiger partial charge in [0.2, 0.25) is 0 Å². The second-order valence-corrected chi connectivity index (χ2v) is 5.31. The SMILES string of the molecule is CCc1cccc(NC(=O)N2CSC[C@H]2C(=O)O)c1. The Morgan fingerprint density at radius 2 is 2.32 bits per heavy atom. The maximum Gasteiger partial charge on any atom is 0.327 e. The highest BCUT2D eigenvalue weighted by molar-refractivity contribution is 7.99. The van der Waals surface area contributed by atoms with Crippen molar-refractivity contribution in [2.75, 3.05) is 16.9 Å². The summed E-state index contributed by atoms with van der Waals surface area (Å²) in [7, 11) is 0. The van der Waals surface area contributed by atoms with E-state index in [0.29, 0.717) is 17.3 Å². The van der Waals surface area contributed by atoms with Crippen LogP contribution in [-0.2, 0) is 11.2 Å². The highest BCUT2D eigenvalue weighted by Gasteiger charge is 2.34. The molecule has 5 nitrogen and oxygen atoms in total. The molecule has 1 aromatic rings. The Kier molecular flexibility index (Phi) is 4.31. The second kappa shape index (κ2) is 5.97. The predicted octanol–water partition coefficient (Wildman–Crippen LogP) is 2.24. The number of nitrogens with one attached hydrogen (secondary N) is 1. The molecule has 1 aromatic carbocycles. The third-order valence-electron chi connectivity index (χ3n) is 3.01. The standard InChI is InChI=1S/C13H16N2O3S/c1-2-9-4-3-5-10(6-9)14-13(18)15-8-19-7-11(15)12(16)17/h3-6,11H,2,7-8H2,1H3,(H,14,18)(H,16,17)/t11-/m0/s1.